The second-order valence-electron chi connectivity index (χ2n) is 9.62. The number of rotatable bonds is 2. The van der Waals surface area contributed by atoms with Gasteiger partial charge in [-0.25, -0.2) is 0 Å². The zero-order valence-corrected chi connectivity index (χ0v) is 16.2. The number of esters is 1. The summed E-state index contributed by atoms with van der Waals surface area (Å²) in [5.41, 5.74) is 2.27. The molecule has 0 spiro atoms. The summed E-state index contributed by atoms with van der Waals surface area (Å²) in [6.07, 6.45) is 9.61. The number of carbonyl (C=O) groups is 2. The van der Waals surface area contributed by atoms with Crippen LogP contribution in [-0.4, -0.2) is 29.6 Å². The molecule has 3 saturated carbocycles. The second-order valence-corrected chi connectivity index (χ2v) is 9.62. The van der Waals surface area contributed by atoms with Crippen LogP contribution in [-0.2, 0) is 19.1 Å². The van der Waals surface area contributed by atoms with Gasteiger partial charge in [0.2, 0.25) is 0 Å². The lowest BCUT2D eigenvalue weighted by Gasteiger charge is -2.52. The van der Waals surface area contributed by atoms with Crippen molar-refractivity contribution in [1.82, 2.24) is 0 Å². The SMILES string of the molecule is CC(=O)O[C@]1(C(C)=O)CC[C@H]2[C@@H]3CCC4CC5OC5CC4=C3CC[C@@]21C. The van der Waals surface area contributed by atoms with E-state index in [1.807, 2.05) is 0 Å². The van der Waals surface area contributed by atoms with Gasteiger partial charge in [-0.2, -0.15) is 0 Å². The van der Waals surface area contributed by atoms with E-state index in [1.54, 1.807) is 18.1 Å². The van der Waals surface area contributed by atoms with Crippen molar-refractivity contribution in [2.75, 3.05) is 0 Å². The van der Waals surface area contributed by atoms with Gasteiger partial charge in [-0.15, -0.1) is 0 Å². The lowest BCUT2D eigenvalue weighted by molar-refractivity contribution is -0.182. The summed E-state index contributed by atoms with van der Waals surface area (Å²) >= 11 is 0. The van der Waals surface area contributed by atoms with E-state index in [4.69, 9.17) is 9.47 Å². The number of carbonyl (C=O) groups excluding carboxylic acids is 2. The lowest BCUT2D eigenvalue weighted by atomic mass is 9.53. The van der Waals surface area contributed by atoms with E-state index in [1.165, 1.54) is 26.2 Å². The highest BCUT2D eigenvalue weighted by Crippen LogP contribution is 2.65. The van der Waals surface area contributed by atoms with Crippen LogP contribution in [0.15, 0.2) is 11.1 Å². The predicted molar refractivity (Wildman–Crippen MR) is 96.4 cm³/mol. The first-order chi connectivity index (χ1) is 12.4. The maximum Gasteiger partial charge on any atom is 0.303 e. The van der Waals surface area contributed by atoms with Crippen molar-refractivity contribution in [2.24, 2.45) is 23.2 Å². The molecule has 4 fully saturated rings. The van der Waals surface area contributed by atoms with Crippen LogP contribution in [0.2, 0.25) is 0 Å². The van der Waals surface area contributed by atoms with Crippen LogP contribution in [0.5, 0.6) is 0 Å². The van der Waals surface area contributed by atoms with E-state index in [0.717, 1.165) is 31.6 Å². The van der Waals surface area contributed by atoms with Crippen LogP contribution in [0.4, 0.5) is 0 Å². The number of epoxide rings is 1. The summed E-state index contributed by atoms with van der Waals surface area (Å²) in [6, 6.07) is 0. The number of fused-ring (bicyclic) bond motifs is 5. The molecule has 4 aliphatic carbocycles. The Hall–Kier alpha value is -1.16. The Morgan fingerprint density at radius 1 is 1.08 bits per heavy atom. The smallest absolute Gasteiger partial charge is 0.303 e. The maximum absolute atomic E-state index is 12.7. The lowest BCUT2D eigenvalue weighted by Crippen LogP contribution is -2.56. The van der Waals surface area contributed by atoms with Gasteiger partial charge >= 0.3 is 5.97 Å². The third kappa shape index (κ3) is 2.11. The Kier molecular flexibility index (Phi) is 3.55. The van der Waals surface area contributed by atoms with Gasteiger partial charge in [0.05, 0.1) is 12.2 Å². The summed E-state index contributed by atoms with van der Waals surface area (Å²) in [4.78, 5) is 24.5. The predicted octanol–water partition coefficient (Wildman–Crippen LogP) is 3.97. The molecular formula is C22H30O4. The molecule has 5 aliphatic rings. The summed E-state index contributed by atoms with van der Waals surface area (Å²) in [5.74, 6) is 1.49. The Bertz CT molecular complexity index is 709. The molecule has 0 N–H and O–H groups in total. The van der Waals surface area contributed by atoms with Crippen molar-refractivity contribution < 1.29 is 19.1 Å². The number of Topliss-reactive ketones (excluding diaryl/α,β-unsaturated/α-hetero) is 1. The summed E-state index contributed by atoms with van der Waals surface area (Å²) in [7, 11) is 0. The zero-order chi connectivity index (χ0) is 18.3. The number of ketones is 1. The van der Waals surface area contributed by atoms with Crippen molar-refractivity contribution in [2.45, 2.75) is 89.9 Å². The molecule has 1 aliphatic heterocycles. The van der Waals surface area contributed by atoms with Gasteiger partial charge in [0.15, 0.2) is 11.4 Å². The highest BCUT2D eigenvalue weighted by Gasteiger charge is 2.66. The Morgan fingerprint density at radius 2 is 1.88 bits per heavy atom. The molecule has 7 atom stereocenters. The van der Waals surface area contributed by atoms with E-state index in [9.17, 15) is 9.59 Å². The molecule has 0 aromatic rings. The van der Waals surface area contributed by atoms with Crippen molar-refractivity contribution in [3.63, 3.8) is 0 Å². The number of allylic oxidation sites excluding steroid dienone is 1. The van der Waals surface area contributed by atoms with E-state index >= 15 is 0 Å². The van der Waals surface area contributed by atoms with Gasteiger partial charge in [-0.1, -0.05) is 18.1 Å². The third-order valence-corrected chi connectivity index (χ3v) is 8.64. The molecule has 5 rings (SSSR count). The number of hydrogen-bond donors (Lipinski definition) is 0. The number of ether oxygens (including phenoxy) is 2. The highest BCUT2D eigenvalue weighted by molar-refractivity contribution is 5.89. The third-order valence-electron chi connectivity index (χ3n) is 8.64. The standard InChI is InChI=1S/C22H30O4/c1-12(23)22(26-13(2)24)9-7-18-16-5-4-14-10-19-20(25-19)11-17(14)15(16)6-8-21(18,22)3/h14,16,18-20H,4-11H2,1-3H3/t14?,16-,18+,19?,20?,21+,22+/m1/s1. The largest absolute Gasteiger partial charge is 0.451 e. The van der Waals surface area contributed by atoms with Crippen LogP contribution < -0.4 is 0 Å². The van der Waals surface area contributed by atoms with Gasteiger partial charge in [0, 0.05) is 12.3 Å². The normalized spacial score (nSPS) is 48.8. The van der Waals surface area contributed by atoms with Crippen LogP contribution in [0.1, 0.15) is 72.1 Å². The van der Waals surface area contributed by atoms with E-state index in [-0.39, 0.29) is 17.2 Å². The van der Waals surface area contributed by atoms with Gasteiger partial charge in [-0.05, 0) is 76.0 Å². The molecule has 0 aromatic heterocycles. The van der Waals surface area contributed by atoms with E-state index < -0.39 is 5.60 Å². The topological polar surface area (TPSA) is 55.9 Å². The quantitative estimate of drug-likeness (QED) is 0.426. The first-order valence-corrected chi connectivity index (χ1v) is 10.4. The maximum atomic E-state index is 12.7. The monoisotopic (exact) mass is 358 g/mol. The Morgan fingerprint density at radius 3 is 2.62 bits per heavy atom. The van der Waals surface area contributed by atoms with Crippen molar-refractivity contribution >= 4 is 11.8 Å². The first kappa shape index (κ1) is 17.0. The molecule has 4 nitrogen and oxygen atoms in total. The molecule has 26 heavy (non-hydrogen) atoms. The fourth-order valence-electron chi connectivity index (χ4n) is 7.39. The molecule has 1 saturated heterocycles. The minimum absolute atomic E-state index is 0.0365. The molecule has 0 amide bonds. The average molecular weight is 358 g/mol. The van der Waals surface area contributed by atoms with Crippen molar-refractivity contribution in [3.8, 4) is 0 Å². The Balaban J connectivity index is 1.51. The van der Waals surface area contributed by atoms with Crippen LogP contribution in [0, 0.1) is 23.2 Å². The summed E-state index contributed by atoms with van der Waals surface area (Å²) in [5, 5.41) is 0. The summed E-state index contributed by atoms with van der Waals surface area (Å²) < 4.78 is 11.6. The molecule has 4 heteroatoms. The molecule has 3 unspecified atom stereocenters. The minimum Gasteiger partial charge on any atom is -0.451 e. The first-order valence-electron chi connectivity index (χ1n) is 10.4. The van der Waals surface area contributed by atoms with Crippen molar-refractivity contribution in [1.29, 1.82) is 0 Å². The molecule has 0 bridgehead atoms. The van der Waals surface area contributed by atoms with Crippen molar-refractivity contribution in [3.05, 3.63) is 11.1 Å². The van der Waals surface area contributed by atoms with Crippen LogP contribution in [0.25, 0.3) is 0 Å². The van der Waals surface area contributed by atoms with E-state index in [0.29, 0.717) is 30.5 Å². The Labute approximate surface area is 155 Å². The minimum atomic E-state index is -0.909. The molecule has 0 radical (unpaired) electrons. The fraction of sp³-hybridized carbons (Fsp3) is 0.818. The van der Waals surface area contributed by atoms with Gasteiger partial charge in [0.1, 0.15) is 0 Å². The molecule has 142 valence electrons. The van der Waals surface area contributed by atoms with Gasteiger partial charge in [0.25, 0.3) is 0 Å². The van der Waals surface area contributed by atoms with Gasteiger partial charge in [-0.3, -0.25) is 9.59 Å². The van der Waals surface area contributed by atoms with Crippen LogP contribution >= 0.6 is 0 Å². The zero-order valence-electron chi connectivity index (χ0n) is 16.2. The van der Waals surface area contributed by atoms with Crippen LogP contribution in [0.3, 0.4) is 0 Å². The molecule has 1 heterocycles. The number of hydrogen-bond acceptors (Lipinski definition) is 4. The fourth-order valence-corrected chi connectivity index (χ4v) is 7.39. The summed E-state index contributed by atoms with van der Waals surface area (Å²) in [6.45, 7) is 5.29. The molecular weight excluding hydrogens is 328 g/mol. The average Bonchev–Trinajstić information content (AvgIpc) is 3.28. The van der Waals surface area contributed by atoms with E-state index in [2.05, 4.69) is 6.92 Å². The second kappa shape index (κ2) is 5.43. The highest BCUT2D eigenvalue weighted by atomic mass is 16.6. The molecule has 0 aromatic carbocycles. The van der Waals surface area contributed by atoms with Gasteiger partial charge < -0.3 is 9.47 Å².